The fraction of sp³-hybridized carbons (Fsp3) is 0.857. The molecule has 0 bridgehead atoms. The molecule has 66 valence electrons. The Morgan fingerprint density at radius 2 is 2.27 bits per heavy atom. The quantitative estimate of drug-likeness (QED) is 0.705. The lowest BCUT2D eigenvalue weighted by Gasteiger charge is -2.06. The highest BCUT2D eigenvalue weighted by atomic mass is 79.9. The fourth-order valence-electron chi connectivity index (χ4n) is 0.480. The van der Waals surface area contributed by atoms with Gasteiger partial charge in [0.05, 0.1) is 6.10 Å². The van der Waals surface area contributed by atoms with Gasteiger partial charge in [-0.15, -0.1) is 0 Å². The highest BCUT2D eigenvalue weighted by Crippen LogP contribution is 1.86. The van der Waals surface area contributed by atoms with E-state index in [9.17, 15) is 4.79 Å². The lowest BCUT2D eigenvalue weighted by atomic mass is 10.5. The molecule has 0 fully saturated rings. The Hall–Kier alpha value is -0.0900. The number of hydrogen-bond acceptors (Lipinski definition) is 2. The molecular weight excluding hydrogens is 210 g/mol. The van der Waals surface area contributed by atoms with Gasteiger partial charge in [-0.25, -0.2) is 0 Å². The zero-order valence-electron chi connectivity index (χ0n) is 6.89. The van der Waals surface area contributed by atoms with Crippen molar-refractivity contribution in [1.82, 2.24) is 5.32 Å². The third-order valence-corrected chi connectivity index (χ3v) is 1.36. The lowest BCUT2D eigenvalue weighted by molar-refractivity contribution is -0.126. The predicted octanol–water partition coefficient (Wildman–Crippen LogP) is 0.923. The molecule has 4 heteroatoms. The number of ether oxygens (including phenoxy) is 1. The second kappa shape index (κ2) is 6.61. The van der Waals surface area contributed by atoms with Gasteiger partial charge in [0, 0.05) is 11.9 Å². The van der Waals surface area contributed by atoms with Crippen molar-refractivity contribution in [3.05, 3.63) is 0 Å². The van der Waals surface area contributed by atoms with Crippen molar-refractivity contribution in [2.75, 3.05) is 18.5 Å². The van der Waals surface area contributed by atoms with Crippen LogP contribution in [-0.4, -0.2) is 30.5 Å². The first-order chi connectivity index (χ1) is 5.16. The van der Waals surface area contributed by atoms with Gasteiger partial charge in [-0.1, -0.05) is 15.9 Å². The molecule has 0 saturated heterocycles. The maximum Gasteiger partial charge on any atom is 0.246 e. The molecule has 0 atom stereocenters. The molecule has 1 N–H and O–H groups in total. The molecular formula is C7H14BrNO2. The summed E-state index contributed by atoms with van der Waals surface area (Å²) in [6.45, 7) is 4.61. The van der Waals surface area contributed by atoms with Gasteiger partial charge in [0.15, 0.2) is 0 Å². The Morgan fingerprint density at radius 3 is 2.73 bits per heavy atom. The van der Waals surface area contributed by atoms with Crippen molar-refractivity contribution in [1.29, 1.82) is 0 Å². The first-order valence-electron chi connectivity index (χ1n) is 3.61. The molecule has 0 saturated carbocycles. The van der Waals surface area contributed by atoms with Gasteiger partial charge in [0.1, 0.15) is 6.61 Å². The summed E-state index contributed by atoms with van der Waals surface area (Å²) in [4.78, 5) is 10.8. The SMILES string of the molecule is CC(C)OCC(=O)NCCBr. The van der Waals surface area contributed by atoms with E-state index in [1.807, 2.05) is 13.8 Å². The summed E-state index contributed by atoms with van der Waals surface area (Å²) in [5, 5.41) is 3.46. The topological polar surface area (TPSA) is 38.3 Å². The smallest absolute Gasteiger partial charge is 0.246 e. The number of nitrogens with one attached hydrogen (secondary N) is 1. The number of carbonyl (C=O) groups is 1. The minimum Gasteiger partial charge on any atom is -0.369 e. The fourth-order valence-corrected chi connectivity index (χ4v) is 0.678. The molecule has 0 rings (SSSR count). The highest BCUT2D eigenvalue weighted by Gasteiger charge is 2.00. The van der Waals surface area contributed by atoms with E-state index < -0.39 is 0 Å². The molecule has 0 aromatic heterocycles. The van der Waals surface area contributed by atoms with E-state index >= 15 is 0 Å². The van der Waals surface area contributed by atoms with Gasteiger partial charge >= 0.3 is 0 Å². The van der Waals surface area contributed by atoms with Gasteiger partial charge in [-0.05, 0) is 13.8 Å². The Balaban J connectivity index is 3.23. The van der Waals surface area contributed by atoms with E-state index in [-0.39, 0.29) is 18.6 Å². The number of hydrogen-bond donors (Lipinski definition) is 1. The molecule has 0 heterocycles. The third kappa shape index (κ3) is 7.81. The molecule has 0 unspecified atom stereocenters. The van der Waals surface area contributed by atoms with Crippen LogP contribution in [0.15, 0.2) is 0 Å². The van der Waals surface area contributed by atoms with Crippen LogP contribution in [0.5, 0.6) is 0 Å². The normalized spacial score (nSPS) is 10.2. The molecule has 0 aromatic rings. The largest absolute Gasteiger partial charge is 0.369 e. The van der Waals surface area contributed by atoms with Crippen molar-refractivity contribution in [3.63, 3.8) is 0 Å². The zero-order chi connectivity index (χ0) is 8.69. The van der Waals surface area contributed by atoms with Crippen LogP contribution in [-0.2, 0) is 9.53 Å². The lowest BCUT2D eigenvalue weighted by Crippen LogP contribution is -2.30. The number of alkyl halides is 1. The summed E-state index contributed by atoms with van der Waals surface area (Å²) >= 11 is 3.20. The number of carbonyl (C=O) groups excluding carboxylic acids is 1. The van der Waals surface area contributed by atoms with Gasteiger partial charge in [-0.3, -0.25) is 4.79 Å². The van der Waals surface area contributed by atoms with E-state index in [1.54, 1.807) is 0 Å². The maximum atomic E-state index is 10.8. The molecule has 0 aliphatic rings. The van der Waals surface area contributed by atoms with E-state index in [0.29, 0.717) is 6.54 Å². The molecule has 0 aromatic carbocycles. The van der Waals surface area contributed by atoms with Crippen molar-refractivity contribution in [2.24, 2.45) is 0 Å². The second-order valence-corrected chi connectivity index (χ2v) is 3.19. The molecule has 3 nitrogen and oxygen atoms in total. The Kier molecular flexibility index (Phi) is 6.56. The van der Waals surface area contributed by atoms with E-state index in [2.05, 4.69) is 21.2 Å². The van der Waals surface area contributed by atoms with Gasteiger partial charge in [0.25, 0.3) is 0 Å². The average Bonchev–Trinajstić information content (AvgIpc) is 1.97. The first-order valence-corrected chi connectivity index (χ1v) is 4.73. The van der Waals surface area contributed by atoms with Gasteiger partial charge in [-0.2, -0.15) is 0 Å². The Morgan fingerprint density at radius 1 is 1.64 bits per heavy atom. The third-order valence-electron chi connectivity index (χ3n) is 0.964. The van der Waals surface area contributed by atoms with Crippen molar-refractivity contribution < 1.29 is 9.53 Å². The molecule has 1 amide bonds. The Labute approximate surface area is 75.6 Å². The van der Waals surface area contributed by atoms with Crippen LogP contribution >= 0.6 is 15.9 Å². The van der Waals surface area contributed by atoms with Crippen molar-refractivity contribution in [3.8, 4) is 0 Å². The van der Waals surface area contributed by atoms with Crippen LogP contribution < -0.4 is 5.32 Å². The number of halogens is 1. The standard InChI is InChI=1S/C7H14BrNO2/c1-6(2)11-5-7(10)9-4-3-8/h6H,3-5H2,1-2H3,(H,9,10). The van der Waals surface area contributed by atoms with E-state index in [0.717, 1.165) is 5.33 Å². The molecule has 11 heavy (non-hydrogen) atoms. The number of amides is 1. The first kappa shape index (κ1) is 10.9. The molecule has 0 spiro atoms. The summed E-state index contributed by atoms with van der Waals surface area (Å²) in [5.74, 6) is -0.0573. The van der Waals surface area contributed by atoms with Crippen LogP contribution in [0.1, 0.15) is 13.8 Å². The summed E-state index contributed by atoms with van der Waals surface area (Å²) < 4.78 is 5.07. The van der Waals surface area contributed by atoms with Crippen LogP contribution in [0.3, 0.4) is 0 Å². The van der Waals surface area contributed by atoms with Crippen LogP contribution in [0.2, 0.25) is 0 Å². The van der Waals surface area contributed by atoms with Crippen molar-refractivity contribution >= 4 is 21.8 Å². The van der Waals surface area contributed by atoms with Crippen LogP contribution in [0, 0.1) is 0 Å². The van der Waals surface area contributed by atoms with Gasteiger partial charge in [0.2, 0.25) is 5.91 Å². The van der Waals surface area contributed by atoms with E-state index in [4.69, 9.17) is 4.74 Å². The molecule has 0 aliphatic heterocycles. The van der Waals surface area contributed by atoms with Crippen LogP contribution in [0.25, 0.3) is 0 Å². The summed E-state index contributed by atoms with van der Waals surface area (Å²) in [6.07, 6.45) is 0.115. The molecule has 0 aliphatic carbocycles. The van der Waals surface area contributed by atoms with Gasteiger partial charge < -0.3 is 10.1 Å². The minimum absolute atomic E-state index is 0.0573. The summed E-state index contributed by atoms with van der Waals surface area (Å²) in [5.41, 5.74) is 0. The van der Waals surface area contributed by atoms with Crippen molar-refractivity contribution in [2.45, 2.75) is 20.0 Å². The molecule has 0 radical (unpaired) electrons. The Bertz CT molecular complexity index is 117. The minimum atomic E-state index is -0.0573. The average molecular weight is 224 g/mol. The maximum absolute atomic E-state index is 10.8. The predicted molar refractivity (Wildman–Crippen MR) is 47.9 cm³/mol. The van der Waals surface area contributed by atoms with Crippen LogP contribution in [0.4, 0.5) is 0 Å². The number of rotatable bonds is 5. The second-order valence-electron chi connectivity index (χ2n) is 2.40. The summed E-state index contributed by atoms with van der Waals surface area (Å²) in [6, 6.07) is 0. The zero-order valence-corrected chi connectivity index (χ0v) is 8.48. The van der Waals surface area contributed by atoms with E-state index in [1.165, 1.54) is 0 Å². The summed E-state index contributed by atoms with van der Waals surface area (Å²) in [7, 11) is 0. The monoisotopic (exact) mass is 223 g/mol. The highest BCUT2D eigenvalue weighted by molar-refractivity contribution is 9.09.